The first-order valence-electron chi connectivity index (χ1n) is 2.01. The van der Waals surface area contributed by atoms with E-state index >= 15 is 0 Å². The Balaban J connectivity index is 3.74. The van der Waals surface area contributed by atoms with Crippen molar-refractivity contribution in [1.29, 1.82) is 0 Å². The smallest absolute Gasteiger partial charge is 0.115 e. The van der Waals surface area contributed by atoms with E-state index in [1.54, 1.807) is 0 Å². The van der Waals surface area contributed by atoms with Crippen molar-refractivity contribution < 1.29 is 0 Å². The topological polar surface area (TPSA) is 12.4 Å². The van der Waals surface area contributed by atoms with Crippen LogP contribution in [0.3, 0.4) is 0 Å². The van der Waals surface area contributed by atoms with Crippen molar-refractivity contribution >= 4 is 28.9 Å². The van der Waals surface area contributed by atoms with Gasteiger partial charge in [-0.25, -0.2) is 0 Å². The fraction of sp³-hybridized carbons (Fsp3) is 0. The van der Waals surface area contributed by atoms with Crippen LogP contribution in [0.15, 0.2) is 29.3 Å². The van der Waals surface area contributed by atoms with Crippen LogP contribution in [0.4, 0.5) is 0 Å². The summed E-state index contributed by atoms with van der Waals surface area (Å²) in [5.41, 5.74) is 0.556. The summed E-state index contributed by atoms with van der Waals surface area (Å²) < 4.78 is 0. The van der Waals surface area contributed by atoms with Gasteiger partial charge in [0.15, 0.2) is 0 Å². The Hall–Kier alpha value is -0.305. The zero-order chi connectivity index (χ0) is 6.41. The van der Waals surface area contributed by atoms with Crippen LogP contribution in [0, 0.1) is 0 Å². The predicted molar refractivity (Wildman–Crippen MR) is 41.5 cm³/mol. The van der Waals surface area contributed by atoms with Crippen LogP contribution < -0.4 is 0 Å². The summed E-state index contributed by atoms with van der Waals surface area (Å²) in [5.74, 6) is 0. The number of halogens is 1. The Labute approximate surface area is 58.7 Å². The van der Waals surface area contributed by atoms with Gasteiger partial charge in [-0.05, 0) is 15.9 Å². The van der Waals surface area contributed by atoms with E-state index in [-0.39, 0.29) is 0 Å². The molecule has 0 heterocycles. The maximum Gasteiger partial charge on any atom is 0.115 e. The fourth-order valence-electron chi connectivity index (χ4n) is 0.167. The average molecular weight is 170 g/mol. The zero-order valence-corrected chi connectivity index (χ0v) is 5.93. The molecule has 0 aliphatic heterocycles. The van der Waals surface area contributed by atoms with Crippen molar-refractivity contribution in [3.63, 3.8) is 0 Å². The number of hydrogen-bond acceptors (Lipinski definition) is 1. The summed E-state index contributed by atoms with van der Waals surface area (Å²) >= 11 is 2.98. The SMILES string of the molecule is [B]/C(C=C)=C/N=CBr. The second kappa shape index (κ2) is 4.84. The summed E-state index contributed by atoms with van der Waals surface area (Å²) in [6.45, 7) is 3.43. The molecule has 0 unspecified atom stereocenters. The third kappa shape index (κ3) is 3.87. The molecule has 8 heavy (non-hydrogen) atoms. The molecule has 0 saturated heterocycles. The van der Waals surface area contributed by atoms with Gasteiger partial charge in [0.1, 0.15) is 7.85 Å². The summed E-state index contributed by atoms with van der Waals surface area (Å²) in [6.07, 6.45) is 3.03. The Morgan fingerprint density at radius 1 is 1.75 bits per heavy atom. The van der Waals surface area contributed by atoms with Crippen LogP contribution in [0.1, 0.15) is 0 Å². The number of hydrogen-bond donors (Lipinski definition) is 0. The van der Waals surface area contributed by atoms with Gasteiger partial charge in [-0.2, -0.15) is 0 Å². The van der Waals surface area contributed by atoms with Crippen LogP contribution in [-0.4, -0.2) is 13.0 Å². The molecule has 0 aromatic heterocycles. The van der Waals surface area contributed by atoms with Crippen LogP contribution in [0.5, 0.6) is 0 Å². The van der Waals surface area contributed by atoms with Crippen LogP contribution in [0.2, 0.25) is 0 Å². The highest BCUT2D eigenvalue weighted by Crippen LogP contribution is 1.87. The van der Waals surface area contributed by atoms with E-state index in [0.29, 0.717) is 5.47 Å². The Bertz CT molecular complexity index is 128. The molecule has 1 nitrogen and oxygen atoms in total. The fourth-order valence-corrected chi connectivity index (χ4v) is 0.285. The van der Waals surface area contributed by atoms with Gasteiger partial charge >= 0.3 is 0 Å². The minimum atomic E-state index is 0.556. The lowest BCUT2D eigenvalue weighted by atomic mass is 9.98. The van der Waals surface area contributed by atoms with Crippen molar-refractivity contribution in [2.24, 2.45) is 4.99 Å². The third-order valence-electron chi connectivity index (χ3n) is 0.516. The van der Waals surface area contributed by atoms with Gasteiger partial charge in [-0.15, -0.1) is 0 Å². The lowest BCUT2D eigenvalue weighted by molar-refractivity contribution is 1.59. The molecule has 0 spiro atoms. The minimum absolute atomic E-state index is 0.556. The molecular formula is C5H5BBrN. The molecule has 2 radical (unpaired) electrons. The first-order chi connectivity index (χ1) is 3.81. The van der Waals surface area contributed by atoms with E-state index in [1.165, 1.54) is 17.4 Å². The van der Waals surface area contributed by atoms with Gasteiger partial charge in [0.2, 0.25) is 0 Å². The lowest BCUT2D eigenvalue weighted by Gasteiger charge is -1.81. The van der Waals surface area contributed by atoms with Crippen molar-refractivity contribution in [2.75, 3.05) is 0 Å². The van der Waals surface area contributed by atoms with E-state index in [2.05, 4.69) is 27.5 Å². The van der Waals surface area contributed by atoms with Crippen molar-refractivity contribution in [2.45, 2.75) is 0 Å². The van der Waals surface area contributed by atoms with E-state index in [9.17, 15) is 0 Å². The lowest BCUT2D eigenvalue weighted by Crippen LogP contribution is -1.69. The first-order valence-corrected chi connectivity index (χ1v) is 2.92. The molecule has 0 amide bonds. The summed E-state index contributed by atoms with van der Waals surface area (Å²) in [7, 11) is 5.27. The summed E-state index contributed by atoms with van der Waals surface area (Å²) in [6, 6.07) is 0. The maximum absolute atomic E-state index is 5.27. The molecule has 0 aliphatic rings. The average Bonchev–Trinajstić information content (AvgIpc) is 1.83. The number of allylic oxidation sites excluding steroid dienone is 2. The monoisotopic (exact) mass is 169 g/mol. The molecule has 0 bridgehead atoms. The van der Waals surface area contributed by atoms with E-state index in [0.717, 1.165) is 0 Å². The van der Waals surface area contributed by atoms with Crippen LogP contribution in [-0.2, 0) is 0 Å². The molecule has 0 aliphatic carbocycles. The van der Waals surface area contributed by atoms with Gasteiger partial charge in [0.25, 0.3) is 0 Å². The predicted octanol–water partition coefficient (Wildman–Crippen LogP) is 1.61. The second-order valence-corrected chi connectivity index (χ2v) is 1.49. The second-order valence-electron chi connectivity index (χ2n) is 1.08. The molecule has 0 aromatic rings. The summed E-state index contributed by atoms with van der Waals surface area (Å²) in [4.78, 5) is 3.68. The van der Waals surface area contributed by atoms with Gasteiger partial charge < -0.3 is 0 Å². The number of aliphatic imine (C=N–C) groups is 1. The van der Waals surface area contributed by atoms with E-state index < -0.39 is 0 Å². The Morgan fingerprint density at radius 3 is 2.75 bits per heavy atom. The van der Waals surface area contributed by atoms with Gasteiger partial charge in [0.05, 0.1) is 5.12 Å². The number of rotatable bonds is 2. The standard InChI is InChI=1S/C5H5BBrN/c1-2-5(6)3-8-4-7/h2-4H,1H2/b5-3+,8-4?. The molecule has 0 N–H and O–H groups in total. The summed E-state index contributed by atoms with van der Waals surface area (Å²) in [5, 5.41) is 1.48. The normalized spacial score (nSPS) is 12.4. The molecule has 3 heteroatoms. The Kier molecular flexibility index (Phi) is 4.66. The van der Waals surface area contributed by atoms with Gasteiger partial charge in [-0.3, -0.25) is 4.99 Å². The first kappa shape index (κ1) is 7.69. The Morgan fingerprint density at radius 2 is 2.38 bits per heavy atom. The quantitative estimate of drug-likeness (QED) is 0.339. The molecule has 0 rings (SSSR count). The van der Waals surface area contributed by atoms with E-state index in [4.69, 9.17) is 7.85 Å². The maximum atomic E-state index is 5.27. The van der Waals surface area contributed by atoms with E-state index in [1.807, 2.05) is 0 Å². The molecule has 0 atom stereocenters. The molecular weight excluding hydrogens is 165 g/mol. The third-order valence-corrected chi connectivity index (χ3v) is 0.752. The molecule has 0 aromatic carbocycles. The van der Waals surface area contributed by atoms with Crippen LogP contribution >= 0.6 is 15.9 Å². The van der Waals surface area contributed by atoms with Gasteiger partial charge in [0, 0.05) is 6.20 Å². The highest BCUT2D eigenvalue weighted by atomic mass is 79.9. The molecule has 0 fully saturated rings. The molecule has 40 valence electrons. The number of nitrogens with zero attached hydrogens (tertiary/aromatic N) is 1. The largest absolute Gasteiger partial charge is 0.258 e. The highest BCUT2D eigenvalue weighted by Gasteiger charge is 1.71. The minimum Gasteiger partial charge on any atom is -0.258 e. The van der Waals surface area contributed by atoms with Crippen LogP contribution in [0.25, 0.3) is 0 Å². The highest BCUT2D eigenvalue weighted by molar-refractivity contribution is 9.17. The van der Waals surface area contributed by atoms with Crippen molar-refractivity contribution in [3.05, 3.63) is 24.3 Å². The van der Waals surface area contributed by atoms with Crippen molar-refractivity contribution in [3.8, 4) is 0 Å². The van der Waals surface area contributed by atoms with Gasteiger partial charge in [-0.1, -0.05) is 18.1 Å². The molecule has 0 saturated carbocycles. The zero-order valence-electron chi connectivity index (χ0n) is 4.34. The van der Waals surface area contributed by atoms with Crippen molar-refractivity contribution in [1.82, 2.24) is 0 Å².